The summed E-state index contributed by atoms with van der Waals surface area (Å²) in [7, 11) is 0. The lowest BCUT2D eigenvalue weighted by molar-refractivity contribution is -0.137. The zero-order valence-corrected chi connectivity index (χ0v) is 17.2. The molecule has 2 saturated heterocycles. The van der Waals surface area contributed by atoms with Crippen LogP contribution in [0.15, 0.2) is 54.6 Å². The number of amides is 2. The predicted octanol–water partition coefficient (Wildman–Crippen LogP) is 4.08. The molecule has 152 valence electrons. The van der Waals surface area contributed by atoms with Gasteiger partial charge in [0, 0.05) is 31.7 Å². The molecule has 0 radical (unpaired) electrons. The average Bonchev–Trinajstić information content (AvgIpc) is 3.16. The molecule has 0 N–H and O–H groups in total. The Morgan fingerprint density at radius 3 is 2.31 bits per heavy atom. The van der Waals surface area contributed by atoms with Crippen molar-refractivity contribution >= 4 is 17.5 Å². The Balaban J connectivity index is 1.31. The number of likely N-dealkylation sites (tertiary alicyclic amines) is 1. The number of rotatable bonds is 5. The van der Waals surface area contributed by atoms with Crippen molar-refractivity contribution in [1.82, 2.24) is 4.90 Å². The summed E-state index contributed by atoms with van der Waals surface area (Å²) in [6.45, 7) is 4.25. The monoisotopic (exact) mass is 390 g/mol. The summed E-state index contributed by atoms with van der Waals surface area (Å²) in [5.74, 6) is 0.648. The van der Waals surface area contributed by atoms with E-state index in [1.165, 1.54) is 11.1 Å². The largest absolute Gasteiger partial charge is 0.342 e. The Hall–Kier alpha value is -2.62. The van der Waals surface area contributed by atoms with Crippen molar-refractivity contribution in [3.63, 3.8) is 0 Å². The fraction of sp³-hybridized carbons (Fsp3) is 0.440. The number of piperidine rings is 1. The van der Waals surface area contributed by atoms with Crippen LogP contribution in [0.4, 0.5) is 5.69 Å². The molecule has 2 fully saturated rings. The second-order valence-electron chi connectivity index (χ2n) is 8.38. The molecule has 0 saturated carbocycles. The van der Waals surface area contributed by atoms with Crippen LogP contribution in [-0.4, -0.2) is 36.3 Å². The molecule has 4 rings (SSSR count). The van der Waals surface area contributed by atoms with Crippen molar-refractivity contribution in [3.05, 3.63) is 65.7 Å². The Morgan fingerprint density at radius 2 is 1.66 bits per heavy atom. The topological polar surface area (TPSA) is 40.6 Å². The maximum absolute atomic E-state index is 13.0. The first kappa shape index (κ1) is 19.7. The Bertz CT molecular complexity index is 839. The van der Waals surface area contributed by atoms with Crippen LogP contribution in [0.1, 0.15) is 37.3 Å². The van der Waals surface area contributed by atoms with E-state index in [9.17, 15) is 9.59 Å². The van der Waals surface area contributed by atoms with E-state index in [-0.39, 0.29) is 17.7 Å². The van der Waals surface area contributed by atoms with Gasteiger partial charge in [0.05, 0.1) is 5.92 Å². The zero-order valence-electron chi connectivity index (χ0n) is 17.2. The quantitative estimate of drug-likeness (QED) is 0.772. The van der Waals surface area contributed by atoms with Crippen molar-refractivity contribution in [2.45, 2.75) is 39.0 Å². The van der Waals surface area contributed by atoms with Crippen LogP contribution in [0.2, 0.25) is 0 Å². The molecule has 0 unspecified atom stereocenters. The second kappa shape index (κ2) is 8.81. The fourth-order valence-electron chi connectivity index (χ4n) is 4.60. The molecule has 0 bridgehead atoms. The van der Waals surface area contributed by atoms with Crippen molar-refractivity contribution in [1.29, 1.82) is 0 Å². The first-order valence-corrected chi connectivity index (χ1v) is 10.9. The fourth-order valence-corrected chi connectivity index (χ4v) is 4.60. The van der Waals surface area contributed by atoms with E-state index in [1.807, 2.05) is 17.0 Å². The van der Waals surface area contributed by atoms with Crippen LogP contribution in [0, 0.1) is 11.8 Å². The van der Waals surface area contributed by atoms with E-state index in [4.69, 9.17) is 0 Å². The van der Waals surface area contributed by atoms with Gasteiger partial charge in [0.25, 0.3) is 0 Å². The molecule has 2 aliphatic rings. The van der Waals surface area contributed by atoms with Gasteiger partial charge in [-0.3, -0.25) is 9.59 Å². The van der Waals surface area contributed by atoms with Gasteiger partial charge < -0.3 is 9.80 Å². The molecule has 4 heteroatoms. The van der Waals surface area contributed by atoms with Gasteiger partial charge in [0.15, 0.2) is 0 Å². The van der Waals surface area contributed by atoms with Crippen molar-refractivity contribution in [2.24, 2.45) is 11.8 Å². The molecule has 2 amide bonds. The normalized spacial score (nSPS) is 20.3. The molecule has 2 aliphatic heterocycles. The molecule has 0 aromatic heterocycles. The van der Waals surface area contributed by atoms with E-state index in [0.717, 1.165) is 44.5 Å². The molecule has 2 aromatic carbocycles. The Labute approximate surface area is 173 Å². The summed E-state index contributed by atoms with van der Waals surface area (Å²) in [5, 5.41) is 0. The van der Waals surface area contributed by atoms with Gasteiger partial charge in [-0.15, -0.1) is 0 Å². The standard InChI is InChI=1S/C25H30N2O2/c1-2-19-8-10-23(11-9-19)27-18-22(17-24(27)28)25(29)26-14-12-21(13-15-26)16-20-6-4-3-5-7-20/h3-11,21-22H,2,12-18H2,1H3/t22-/m0/s1. The highest BCUT2D eigenvalue weighted by molar-refractivity contribution is 6.00. The minimum Gasteiger partial charge on any atom is -0.342 e. The van der Waals surface area contributed by atoms with Gasteiger partial charge in [0.2, 0.25) is 11.8 Å². The predicted molar refractivity (Wildman–Crippen MR) is 116 cm³/mol. The summed E-state index contributed by atoms with van der Waals surface area (Å²) in [5.41, 5.74) is 3.54. The third kappa shape index (κ3) is 4.52. The number of aryl methyl sites for hydroxylation is 1. The highest BCUT2D eigenvalue weighted by Gasteiger charge is 2.38. The number of hydrogen-bond acceptors (Lipinski definition) is 2. The summed E-state index contributed by atoms with van der Waals surface area (Å²) in [6.07, 6.45) is 4.49. The number of nitrogens with zero attached hydrogens (tertiary/aromatic N) is 2. The van der Waals surface area contributed by atoms with Crippen molar-refractivity contribution in [2.75, 3.05) is 24.5 Å². The molecule has 0 aliphatic carbocycles. The van der Waals surface area contributed by atoms with E-state index in [0.29, 0.717) is 18.9 Å². The molecule has 2 heterocycles. The molecule has 4 nitrogen and oxygen atoms in total. The van der Waals surface area contributed by atoms with Gasteiger partial charge in [-0.25, -0.2) is 0 Å². The third-order valence-corrected chi connectivity index (χ3v) is 6.42. The summed E-state index contributed by atoms with van der Waals surface area (Å²) >= 11 is 0. The molecule has 0 spiro atoms. The van der Waals surface area contributed by atoms with Crippen molar-refractivity contribution in [3.8, 4) is 0 Å². The number of anilines is 1. The lowest BCUT2D eigenvalue weighted by atomic mass is 9.89. The smallest absolute Gasteiger partial charge is 0.228 e. The molecule has 2 aromatic rings. The third-order valence-electron chi connectivity index (χ3n) is 6.42. The minimum atomic E-state index is -0.209. The Kier molecular flexibility index (Phi) is 5.98. The molecular weight excluding hydrogens is 360 g/mol. The summed E-state index contributed by atoms with van der Waals surface area (Å²) in [4.78, 5) is 29.3. The van der Waals surface area contributed by atoms with E-state index in [2.05, 4.69) is 49.4 Å². The first-order valence-electron chi connectivity index (χ1n) is 10.9. The van der Waals surface area contributed by atoms with Crippen LogP contribution in [-0.2, 0) is 22.4 Å². The molecule has 1 atom stereocenters. The van der Waals surface area contributed by atoms with Crippen LogP contribution >= 0.6 is 0 Å². The van der Waals surface area contributed by atoms with Crippen LogP contribution in [0.3, 0.4) is 0 Å². The van der Waals surface area contributed by atoms with E-state index < -0.39 is 0 Å². The zero-order chi connectivity index (χ0) is 20.2. The van der Waals surface area contributed by atoms with Gasteiger partial charge in [-0.2, -0.15) is 0 Å². The van der Waals surface area contributed by atoms with Crippen LogP contribution < -0.4 is 4.90 Å². The van der Waals surface area contributed by atoms with Gasteiger partial charge in [-0.05, 0) is 54.9 Å². The second-order valence-corrected chi connectivity index (χ2v) is 8.38. The SMILES string of the molecule is CCc1ccc(N2C[C@@H](C(=O)N3CCC(Cc4ccccc4)CC3)CC2=O)cc1. The van der Waals surface area contributed by atoms with Gasteiger partial charge >= 0.3 is 0 Å². The molecule has 29 heavy (non-hydrogen) atoms. The minimum absolute atomic E-state index is 0.0616. The Morgan fingerprint density at radius 1 is 0.966 bits per heavy atom. The maximum Gasteiger partial charge on any atom is 0.228 e. The lowest BCUT2D eigenvalue weighted by Crippen LogP contribution is -2.42. The average molecular weight is 391 g/mol. The van der Waals surface area contributed by atoms with Gasteiger partial charge in [-0.1, -0.05) is 49.4 Å². The number of carbonyl (C=O) groups excluding carboxylic acids is 2. The number of hydrogen-bond donors (Lipinski definition) is 0. The van der Waals surface area contributed by atoms with E-state index >= 15 is 0 Å². The summed E-state index contributed by atoms with van der Waals surface area (Å²) in [6, 6.07) is 18.7. The maximum atomic E-state index is 13.0. The van der Waals surface area contributed by atoms with E-state index in [1.54, 1.807) is 4.90 Å². The number of benzene rings is 2. The lowest BCUT2D eigenvalue weighted by Gasteiger charge is -2.33. The van der Waals surface area contributed by atoms with Gasteiger partial charge in [0.1, 0.15) is 0 Å². The number of carbonyl (C=O) groups is 2. The van der Waals surface area contributed by atoms with Crippen molar-refractivity contribution < 1.29 is 9.59 Å². The first-order chi connectivity index (χ1) is 14.1. The van der Waals surface area contributed by atoms with Crippen LogP contribution in [0.5, 0.6) is 0 Å². The summed E-state index contributed by atoms with van der Waals surface area (Å²) < 4.78 is 0. The molecular formula is C25H30N2O2. The highest BCUT2D eigenvalue weighted by Crippen LogP contribution is 2.29. The van der Waals surface area contributed by atoms with Crippen LogP contribution in [0.25, 0.3) is 0 Å². The highest BCUT2D eigenvalue weighted by atomic mass is 16.2.